The highest BCUT2D eigenvalue weighted by molar-refractivity contribution is 8.00. The van der Waals surface area contributed by atoms with E-state index in [0.29, 0.717) is 0 Å². The number of rotatable bonds is 2. The molecule has 13 heavy (non-hydrogen) atoms. The first-order valence-corrected chi connectivity index (χ1v) is 6.47. The minimum Gasteiger partial charge on any atom is -0.294 e. The van der Waals surface area contributed by atoms with Crippen LogP contribution in [0.15, 0.2) is 4.21 Å². The van der Waals surface area contributed by atoms with E-state index < -0.39 is 0 Å². The Kier molecular flexibility index (Phi) is 2.47. The Balaban J connectivity index is 2.54. The summed E-state index contributed by atoms with van der Waals surface area (Å²) in [5.74, 6) is 0.239. The summed E-state index contributed by atoms with van der Waals surface area (Å²) < 4.78 is 1.36. The topological polar surface area (TPSA) is 17.1 Å². The van der Waals surface area contributed by atoms with Crippen molar-refractivity contribution in [1.82, 2.24) is 0 Å². The van der Waals surface area contributed by atoms with Gasteiger partial charge >= 0.3 is 0 Å². The summed E-state index contributed by atoms with van der Waals surface area (Å²) in [7, 11) is 0. The van der Waals surface area contributed by atoms with Gasteiger partial charge in [0.1, 0.15) is 0 Å². The Morgan fingerprint density at radius 2 is 2.08 bits per heavy atom. The Morgan fingerprint density at radius 1 is 1.38 bits per heavy atom. The maximum Gasteiger partial charge on any atom is 0.170 e. The first-order valence-electron chi connectivity index (χ1n) is 4.43. The summed E-state index contributed by atoms with van der Waals surface area (Å²) in [6, 6.07) is 0. The molecule has 1 aromatic rings. The van der Waals surface area contributed by atoms with Gasteiger partial charge in [-0.15, -0.1) is 23.1 Å². The van der Waals surface area contributed by atoms with Crippen molar-refractivity contribution in [3.63, 3.8) is 0 Å². The number of fused-ring (bicyclic) bond motifs is 1. The number of carbonyl (C=O) groups is 1. The molecule has 1 heterocycles. The van der Waals surface area contributed by atoms with Crippen molar-refractivity contribution in [2.45, 2.75) is 30.4 Å². The number of hydrogen-bond acceptors (Lipinski definition) is 3. The predicted molar refractivity (Wildman–Crippen MR) is 58.1 cm³/mol. The average molecular weight is 212 g/mol. The van der Waals surface area contributed by atoms with E-state index in [9.17, 15) is 4.79 Å². The molecule has 1 nitrogen and oxygen atoms in total. The van der Waals surface area contributed by atoms with Crippen LogP contribution in [0.3, 0.4) is 0 Å². The molecule has 1 aromatic heterocycles. The second kappa shape index (κ2) is 3.46. The predicted octanol–water partition coefficient (Wildman–Crippen LogP) is 3.16. The van der Waals surface area contributed by atoms with Crippen molar-refractivity contribution in [2.75, 3.05) is 6.26 Å². The lowest BCUT2D eigenvalue weighted by atomic mass is 10.1. The second-order valence-electron chi connectivity index (χ2n) is 3.29. The van der Waals surface area contributed by atoms with E-state index in [1.165, 1.54) is 28.2 Å². The van der Waals surface area contributed by atoms with E-state index in [2.05, 4.69) is 6.26 Å². The highest BCUT2D eigenvalue weighted by Gasteiger charge is 2.23. The molecule has 0 saturated carbocycles. The van der Waals surface area contributed by atoms with Gasteiger partial charge in [0.25, 0.3) is 0 Å². The van der Waals surface area contributed by atoms with E-state index in [1.54, 1.807) is 30.0 Å². The van der Waals surface area contributed by atoms with E-state index in [1.807, 2.05) is 0 Å². The maximum atomic E-state index is 11.3. The largest absolute Gasteiger partial charge is 0.294 e. The first-order chi connectivity index (χ1) is 6.24. The third kappa shape index (κ3) is 1.44. The summed E-state index contributed by atoms with van der Waals surface area (Å²) in [5.41, 5.74) is 2.81. The van der Waals surface area contributed by atoms with Gasteiger partial charge in [-0.25, -0.2) is 0 Å². The summed E-state index contributed by atoms with van der Waals surface area (Å²) in [5, 5.41) is 0. The van der Waals surface area contributed by atoms with Gasteiger partial charge in [0, 0.05) is 0 Å². The fourth-order valence-corrected chi connectivity index (χ4v) is 3.97. The van der Waals surface area contributed by atoms with Gasteiger partial charge in [-0.2, -0.15) is 0 Å². The second-order valence-corrected chi connectivity index (χ2v) is 5.39. The molecule has 0 amide bonds. The molecule has 0 fully saturated rings. The highest BCUT2D eigenvalue weighted by atomic mass is 32.2. The van der Waals surface area contributed by atoms with Gasteiger partial charge < -0.3 is 0 Å². The summed E-state index contributed by atoms with van der Waals surface area (Å²) in [6.45, 7) is 1.68. The normalized spacial score (nSPS) is 14.6. The fraction of sp³-hybridized carbons (Fsp3) is 0.500. The molecule has 0 aromatic carbocycles. The molecule has 0 spiro atoms. The number of hydrogen-bond donors (Lipinski definition) is 0. The number of thiophene rings is 1. The Hall–Kier alpha value is -0.280. The molecule has 0 saturated heterocycles. The molecule has 0 atom stereocenters. The van der Waals surface area contributed by atoms with Crippen LogP contribution in [0, 0.1) is 0 Å². The minimum atomic E-state index is 0.239. The van der Waals surface area contributed by atoms with Crippen LogP contribution in [-0.4, -0.2) is 12.0 Å². The van der Waals surface area contributed by atoms with Gasteiger partial charge in [-0.1, -0.05) is 0 Å². The Labute approximate surface area is 86.5 Å². The van der Waals surface area contributed by atoms with Crippen molar-refractivity contribution < 1.29 is 4.79 Å². The third-order valence-corrected chi connectivity index (χ3v) is 4.98. The highest BCUT2D eigenvalue weighted by Crippen LogP contribution is 2.40. The van der Waals surface area contributed by atoms with Gasteiger partial charge in [0.2, 0.25) is 0 Å². The van der Waals surface area contributed by atoms with E-state index in [4.69, 9.17) is 0 Å². The smallest absolute Gasteiger partial charge is 0.170 e. The number of Topliss-reactive ketones (excluding diaryl/α,β-unsaturated/α-hetero) is 1. The van der Waals surface area contributed by atoms with Crippen molar-refractivity contribution in [3.8, 4) is 0 Å². The molecule has 0 bridgehead atoms. The molecule has 1 aliphatic rings. The Bertz CT molecular complexity index is 352. The SMILES string of the molecule is CSc1sc(C(C)=O)c2c1CCC2. The van der Waals surface area contributed by atoms with Gasteiger partial charge in [0.15, 0.2) is 5.78 Å². The minimum absolute atomic E-state index is 0.239. The summed E-state index contributed by atoms with van der Waals surface area (Å²) in [6.07, 6.45) is 5.61. The van der Waals surface area contributed by atoms with Gasteiger partial charge in [-0.3, -0.25) is 4.79 Å². The zero-order chi connectivity index (χ0) is 9.42. The maximum absolute atomic E-state index is 11.3. The van der Waals surface area contributed by atoms with Crippen LogP contribution in [0.5, 0.6) is 0 Å². The fourth-order valence-electron chi connectivity index (χ4n) is 1.88. The van der Waals surface area contributed by atoms with Crippen molar-refractivity contribution in [2.24, 2.45) is 0 Å². The van der Waals surface area contributed by atoms with Crippen LogP contribution in [-0.2, 0) is 12.8 Å². The van der Waals surface area contributed by atoms with Crippen LogP contribution in [0.2, 0.25) is 0 Å². The van der Waals surface area contributed by atoms with Crippen molar-refractivity contribution in [3.05, 3.63) is 16.0 Å². The lowest BCUT2D eigenvalue weighted by Crippen LogP contribution is -1.91. The van der Waals surface area contributed by atoms with Crippen LogP contribution in [0.25, 0.3) is 0 Å². The quantitative estimate of drug-likeness (QED) is 0.553. The van der Waals surface area contributed by atoms with E-state index in [-0.39, 0.29) is 5.78 Å². The molecule has 0 radical (unpaired) electrons. The third-order valence-electron chi connectivity index (χ3n) is 2.44. The average Bonchev–Trinajstić information content (AvgIpc) is 2.61. The lowest BCUT2D eigenvalue weighted by Gasteiger charge is -1.92. The monoisotopic (exact) mass is 212 g/mol. The molecule has 0 aliphatic heterocycles. The standard InChI is InChI=1S/C10H12OS2/c1-6(11)9-7-4-3-5-8(7)10(12-2)13-9/h3-5H2,1-2H3. The van der Waals surface area contributed by atoms with Gasteiger partial charge in [-0.05, 0) is 43.6 Å². The molecular formula is C10H12OS2. The van der Waals surface area contributed by atoms with Crippen LogP contribution >= 0.6 is 23.1 Å². The van der Waals surface area contributed by atoms with Crippen molar-refractivity contribution in [1.29, 1.82) is 0 Å². The van der Waals surface area contributed by atoms with Crippen LogP contribution < -0.4 is 0 Å². The number of ketones is 1. The number of thioether (sulfide) groups is 1. The molecule has 70 valence electrons. The zero-order valence-corrected chi connectivity index (χ0v) is 9.48. The van der Waals surface area contributed by atoms with Crippen LogP contribution in [0.4, 0.5) is 0 Å². The molecule has 2 rings (SSSR count). The molecule has 1 aliphatic carbocycles. The van der Waals surface area contributed by atoms with Gasteiger partial charge in [0.05, 0.1) is 9.09 Å². The van der Waals surface area contributed by atoms with E-state index in [0.717, 1.165) is 11.3 Å². The molecular weight excluding hydrogens is 200 g/mol. The van der Waals surface area contributed by atoms with Crippen molar-refractivity contribution >= 4 is 28.9 Å². The Morgan fingerprint density at radius 3 is 2.69 bits per heavy atom. The zero-order valence-electron chi connectivity index (χ0n) is 7.85. The number of carbonyl (C=O) groups excluding carboxylic acids is 1. The molecule has 3 heteroatoms. The summed E-state index contributed by atoms with van der Waals surface area (Å²) >= 11 is 3.46. The lowest BCUT2D eigenvalue weighted by molar-refractivity contribution is 0.102. The first kappa shape index (κ1) is 9.28. The molecule has 0 unspecified atom stereocenters. The van der Waals surface area contributed by atoms with Crippen LogP contribution in [0.1, 0.15) is 34.1 Å². The van der Waals surface area contributed by atoms with E-state index >= 15 is 0 Å². The summed E-state index contributed by atoms with van der Waals surface area (Å²) in [4.78, 5) is 12.3. The molecule has 0 N–H and O–H groups in total.